The van der Waals surface area contributed by atoms with Crippen molar-refractivity contribution in [2.75, 3.05) is 20.6 Å². The molecule has 0 bridgehead atoms. The summed E-state index contributed by atoms with van der Waals surface area (Å²) in [6.45, 7) is 0.993. The van der Waals surface area contributed by atoms with Crippen LogP contribution in [0.2, 0.25) is 0 Å². The summed E-state index contributed by atoms with van der Waals surface area (Å²) in [4.78, 5) is 5.89. The minimum atomic E-state index is -2.29. The van der Waals surface area contributed by atoms with Crippen LogP contribution in [0.25, 0.3) is 0 Å². The van der Waals surface area contributed by atoms with E-state index in [1.165, 1.54) is 0 Å². The number of alkyl halides is 2. The van der Waals surface area contributed by atoms with Gasteiger partial charge in [-0.15, -0.1) is 11.3 Å². The molecular formula is C9H15F2N3S. The number of nitrogens with zero attached hydrogens (tertiary/aromatic N) is 2. The highest BCUT2D eigenvalue weighted by atomic mass is 32.1. The molecular weight excluding hydrogens is 220 g/mol. The van der Waals surface area contributed by atoms with E-state index >= 15 is 0 Å². The molecule has 1 heterocycles. The van der Waals surface area contributed by atoms with E-state index in [1.807, 2.05) is 12.4 Å². The predicted octanol–water partition coefficient (Wildman–Crippen LogP) is 1.56. The molecule has 0 unspecified atom stereocenters. The molecule has 0 saturated heterocycles. The molecule has 0 amide bonds. The molecule has 0 radical (unpaired) electrons. The van der Waals surface area contributed by atoms with Crippen LogP contribution in [0.5, 0.6) is 0 Å². The molecule has 3 nitrogen and oxygen atoms in total. The minimum absolute atomic E-state index is 0.209. The lowest BCUT2D eigenvalue weighted by Crippen LogP contribution is -2.24. The molecule has 1 N–H and O–H groups in total. The van der Waals surface area contributed by atoms with E-state index in [1.54, 1.807) is 23.3 Å². The molecule has 15 heavy (non-hydrogen) atoms. The Hall–Kier alpha value is -0.590. The van der Waals surface area contributed by atoms with Crippen LogP contribution in [0.3, 0.4) is 0 Å². The van der Waals surface area contributed by atoms with Gasteiger partial charge in [0.15, 0.2) is 0 Å². The van der Waals surface area contributed by atoms with E-state index in [0.717, 1.165) is 17.2 Å². The Bertz CT molecular complexity index is 291. The minimum Gasteiger partial charge on any atom is -0.314 e. The van der Waals surface area contributed by atoms with E-state index in [4.69, 9.17) is 0 Å². The summed E-state index contributed by atoms with van der Waals surface area (Å²) < 4.78 is 24.1. The van der Waals surface area contributed by atoms with Crippen molar-refractivity contribution in [2.24, 2.45) is 0 Å². The maximum absolute atomic E-state index is 12.0. The molecule has 6 heteroatoms. The Morgan fingerprint density at radius 3 is 2.93 bits per heavy atom. The number of hydrogen-bond acceptors (Lipinski definition) is 4. The van der Waals surface area contributed by atoms with Gasteiger partial charge in [0.2, 0.25) is 0 Å². The molecule has 0 aliphatic carbocycles. The van der Waals surface area contributed by atoms with Crippen molar-refractivity contribution in [3.8, 4) is 0 Å². The molecule has 0 aliphatic heterocycles. The molecule has 0 atom stereocenters. The monoisotopic (exact) mass is 235 g/mol. The van der Waals surface area contributed by atoms with Crippen LogP contribution in [-0.2, 0) is 13.1 Å². The van der Waals surface area contributed by atoms with Crippen LogP contribution in [0.4, 0.5) is 8.78 Å². The third kappa shape index (κ3) is 4.63. The lowest BCUT2D eigenvalue weighted by Gasteiger charge is -2.13. The number of thiazole rings is 1. The first kappa shape index (κ1) is 12.5. The van der Waals surface area contributed by atoms with Crippen molar-refractivity contribution >= 4 is 11.3 Å². The highest BCUT2D eigenvalue weighted by Crippen LogP contribution is 2.11. The van der Waals surface area contributed by atoms with Crippen LogP contribution in [0.15, 0.2) is 5.38 Å². The number of halogens is 2. The van der Waals surface area contributed by atoms with E-state index in [-0.39, 0.29) is 6.54 Å². The molecule has 1 rings (SSSR count). The quantitative estimate of drug-likeness (QED) is 0.811. The highest BCUT2D eigenvalue weighted by Gasteiger charge is 2.09. The van der Waals surface area contributed by atoms with Crippen LogP contribution in [-0.4, -0.2) is 36.9 Å². The summed E-state index contributed by atoms with van der Waals surface area (Å²) >= 11 is 1.55. The predicted molar refractivity (Wildman–Crippen MR) is 57.2 cm³/mol. The van der Waals surface area contributed by atoms with Gasteiger partial charge in [0.25, 0.3) is 6.43 Å². The van der Waals surface area contributed by atoms with E-state index in [2.05, 4.69) is 10.3 Å². The average molecular weight is 235 g/mol. The third-order valence-corrected chi connectivity index (χ3v) is 2.71. The Morgan fingerprint density at radius 1 is 1.60 bits per heavy atom. The molecule has 0 aromatic carbocycles. The molecule has 86 valence electrons. The Kier molecular flexibility index (Phi) is 5.07. The largest absolute Gasteiger partial charge is 0.314 e. The Morgan fingerprint density at radius 2 is 2.33 bits per heavy atom. The van der Waals surface area contributed by atoms with Crippen molar-refractivity contribution in [3.05, 3.63) is 16.1 Å². The SMILES string of the molecule is CNCc1nc(CN(C)CC(F)F)cs1. The van der Waals surface area contributed by atoms with Crippen molar-refractivity contribution in [1.82, 2.24) is 15.2 Å². The smallest absolute Gasteiger partial charge is 0.251 e. The zero-order valence-corrected chi connectivity index (χ0v) is 9.65. The van der Waals surface area contributed by atoms with Gasteiger partial charge in [0.1, 0.15) is 5.01 Å². The van der Waals surface area contributed by atoms with Gasteiger partial charge in [-0.1, -0.05) is 0 Å². The maximum atomic E-state index is 12.0. The van der Waals surface area contributed by atoms with Gasteiger partial charge in [0.05, 0.1) is 12.2 Å². The number of nitrogens with one attached hydrogen (secondary N) is 1. The highest BCUT2D eigenvalue weighted by molar-refractivity contribution is 7.09. The van der Waals surface area contributed by atoms with Crippen LogP contribution in [0.1, 0.15) is 10.7 Å². The summed E-state index contributed by atoms with van der Waals surface area (Å²) in [5.74, 6) is 0. The van der Waals surface area contributed by atoms with Gasteiger partial charge in [-0.2, -0.15) is 0 Å². The number of hydrogen-bond donors (Lipinski definition) is 1. The fraction of sp³-hybridized carbons (Fsp3) is 0.667. The summed E-state index contributed by atoms with van der Waals surface area (Å²) in [5, 5.41) is 5.89. The molecule has 0 fully saturated rings. The van der Waals surface area contributed by atoms with Gasteiger partial charge in [-0.25, -0.2) is 13.8 Å². The van der Waals surface area contributed by atoms with Gasteiger partial charge < -0.3 is 5.32 Å². The topological polar surface area (TPSA) is 28.2 Å². The van der Waals surface area contributed by atoms with Crippen molar-refractivity contribution in [3.63, 3.8) is 0 Å². The van der Waals surface area contributed by atoms with Crippen LogP contribution in [0, 0.1) is 0 Å². The van der Waals surface area contributed by atoms with Crippen molar-refractivity contribution < 1.29 is 8.78 Å². The lowest BCUT2D eigenvalue weighted by atomic mass is 10.4. The first-order valence-corrected chi connectivity index (χ1v) is 5.54. The summed E-state index contributed by atoms with van der Waals surface area (Å²) in [6, 6.07) is 0. The van der Waals surface area contributed by atoms with Gasteiger partial charge in [-0.05, 0) is 14.1 Å². The second kappa shape index (κ2) is 6.09. The lowest BCUT2D eigenvalue weighted by molar-refractivity contribution is 0.0971. The second-order valence-corrected chi connectivity index (χ2v) is 4.29. The fourth-order valence-electron chi connectivity index (χ4n) is 1.23. The fourth-order valence-corrected chi connectivity index (χ4v) is 2.03. The van der Waals surface area contributed by atoms with E-state index in [9.17, 15) is 8.78 Å². The van der Waals surface area contributed by atoms with E-state index in [0.29, 0.717) is 6.54 Å². The second-order valence-electron chi connectivity index (χ2n) is 3.35. The van der Waals surface area contributed by atoms with E-state index < -0.39 is 6.43 Å². The number of aromatic nitrogens is 1. The van der Waals surface area contributed by atoms with Gasteiger partial charge in [-0.3, -0.25) is 4.90 Å². The molecule has 0 spiro atoms. The molecule has 1 aromatic rings. The van der Waals surface area contributed by atoms with Gasteiger partial charge in [0, 0.05) is 18.5 Å². The number of rotatable bonds is 6. The Balaban J connectivity index is 2.42. The van der Waals surface area contributed by atoms with Crippen LogP contribution < -0.4 is 5.32 Å². The Labute approximate surface area is 92.1 Å². The first-order valence-electron chi connectivity index (χ1n) is 4.66. The van der Waals surface area contributed by atoms with Crippen LogP contribution >= 0.6 is 11.3 Å². The summed E-state index contributed by atoms with van der Waals surface area (Å²) in [5.41, 5.74) is 0.855. The molecule has 0 aliphatic rings. The van der Waals surface area contributed by atoms with Crippen molar-refractivity contribution in [2.45, 2.75) is 19.5 Å². The average Bonchev–Trinajstić information content (AvgIpc) is 2.51. The zero-order chi connectivity index (χ0) is 11.3. The zero-order valence-electron chi connectivity index (χ0n) is 8.83. The maximum Gasteiger partial charge on any atom is 0.251 e. The normalized spacial score (nSPS) is 11.6. The first-order chi connectivity index (χ1) is 7.11. The summed E-state index contributed by atoms with van der Waals surface area (Å²) in [7, 11) is 3.52. The summed E-state index contributed by atoms with van der Waals surface area (Å²) in [6.07, 6.45) is -2.29. The van der Waals surface area contributed by atoms with Crippen molar-refractivity contribution in [1.29, 1.82) is 0 Å². The molecule has 0 saturated carbocycles. The molecule has 1 aromatic heterocycles. The third-order valence-electron chi connectivity index (χ3n) is 1.81. The standard InChI is InChI=1S/C9H15F2N3S/c1-12-3-9-13-7(6-15-9)4-14(2)5-8(10)11/h6,8,12H,3-5H2,1-2H3. The van der Waals surface area contributed by atoms with Gasteiger partial charge >= 0.3 is 0 Å².